The number of oxazole rings is 1. The van der Waals surface area contributed by atoms with Gasteiger partial charge in [0.05, 0.1) is 18.2 Å². The van der Waals surface area contributed by atoms with E-state index >= 15 is 0 Å². The van der Waals surface area contributed by atoms with E-state index in [4.69, 9.17) is 13.7 Å². The van der Waals surface area contributed by atoms with Gasteiger partial charge in [-0.2, -0.15) is 4.98 Å². The molecule has 1 aliphatic rings. The highest BCUT2D eigenvalue weighted by molar-refractivity contribution is 5.52. The number of aromatic nitrogens is 3. The van der Waals surface area contributed by atoms with E-state index in [2.05, 4.69) is 20.0 Å². The van der Waals surface area contributed by atoms with Crippen LogP contribution in [0.1, 0.15) is 36.2 Å². The van der Waals surface area contributed by atoms with Crippen LogP contribution in [0.5, 0.6) is 0 Å². The summed E-state index contributed by atoms with van der Waals surface area (Å²) >= 11 is 0. The molecule has 3 heterocycles. The first-order chi connectivity index (χ1) is 13.3. The summed E-state index contributed by atoms with van der Waals surface area (Å²) in [5, 5.41) is 4.06. The van der Waals surface area contributed by atoms with Crippen molar-refractivity contribution in [3.05, 3.63) is 54.0 Å². The minimum atomic E-state index is 0.267. The summed E-state index contributed by atoms with van der Waals surface area (Å²) < 4.78 is 16.2. The van der Waals surface area contributed by atoms with E-state index in [0.29, 0.717) is 24.7 Å². The molecule has 0 N–H and O–H groups in total. The molecular weight excluding hydrogens is 344 g/mol. The zero-order valence-electron chi connectivity index (χ0n) is 15.5. The standard InChI is InChI=1S/C20H24N4O3/c1-25-11-9-18-22-20(27-23-18)16-8-5-10-24(12-16)13-17-14-26-19(21-17)15-6-3-2-4-7-15/h2-4,6-7,14,16H,5,8-13H2,1H3. The van der Waals surface area contributed by atoms with Gasteiger partial charge in [0.2, 0.25) is 11.8 Å². The van der Waals surface area contributed by atoms with Crippen LogP contribution in [0.2, 0.25) is 0 Å². The molecule has 0 radical (unpaired) electrons. The highest BCUT2D eigenvalue weighted by Crippen LogP contribution is 2.27. The number of nitrogens with zero attached hydrogens (tertiary/aromatic N) is 4. The molecule has 142 valence electrons. The van der Waals surface area contributed by atoms with Crippen molar-refractivity contribution >= 4 is 0 Å². The topological polar surface area (TPSA) is 77.4 Å². The molecule has 1 aromatic carbocycles. The van der Waals surface area contributed by atoms with Crippen molar-refractivity contribution in [2.24, 2.45) is 0 Å². The fourth-order valence-electron chi connectivity index (χ4n) is 3.45. The molecule has 1 fully saturated rings. The van der Waals surface area contributed by atoms with Crippen LogP contribution in [-0.4, -0.2) is 46.8 Å². The monoisotopic (exact) mass is 368 g/mol. The Morgan fingerprint density at radius 1 is 1.22 bits per heavy atom. The lowest BCUT2D eigenvalue weighted by molar-refractivity contribution is 0.178. The minimum absolute atomic E-state index is 0.267. The molecule has 3 aromatic rings. The van der Waals surface area contributed by atoms with E-state index < -0.39 is 0 Å². The van der Waals surface area contributed by atoms with Gasteiger partial charge in [-0.05, 0) is 31.5 Å². The van der Waals surface area contributed by atoms with Gasteiger partial charge in [0, 0.05) is 32.2 Å². The summed E-state index contributed by atoms with van der Waals surface area (Å²) in [6.07, 6.45) is 4.60. The highest BCUT2D eigenvalue weighted by Gasteiger charge is 2.26. The van der Waals surface area contributed by atoms with Crippen molar-refractivity contribution in [3.8, 4) is 11.5 Å². The van der Waals surface area contributed by atoms with Crippen molar-refractivity contribution in [2.75, 3.05) is 26.8 Å². The third-order valence-corrected chi connectivity index (χ3v) is 4.83. The van der Waals surface area contributed by atoms with Gasteiger partial charge in [0.15, 0.2) is 5.82 Å². The van der Waals surface area contributed by atoms with Crippen LogP contribution < -0.4 is 0 Å². The summed E-state index contributed by atoms with van der Waals surface area (Å²) in [7, 11) is 1.67. The molecule has 0 bridgehead atoms. The maximum absolute atomic E-state index is 5.65. The summed E-state index contributed by atoms with van der Waals surface area (Å²) in [5.74, 6) is 2.38. The molecule has 0 saturated carbocycles. The summed E-state index contributed by atoms with van der Waals surface area (Å²) in [6.45, 7) is 3.29. The van der Waals surface area contributed by atoms with Gasteiger partial charge >= 0.3 is 0 Å². The van der Waals surface area contributed by atoms with Gasteiger partial charge in [-0.25, -0.2) is 4.98 Å². The molecular formula is C20H24N4O3. The van der Waals surface area contributed by atoms with E-state index in [1.165, 1.54) is 0 Å². The van der Waals surface area contributed by atoms with Gasteiger partial charge in [-0.3, -0.25) is 4.90 Å². The Kier molecular flexibility index (Phi) is 5.60. The fraction of sp³-hybridized carbons (Fsp3) is 0.450. The molecule has 0 amide bonds. The SMILES string of the molecule is COCCc1noc(C2CCCN(Cc3coc(-c4ccccc4)n3)C2)n1. The van der Waals surface area contributed by atoms with E-state index in [0.717, 1.165) is 49.6 Å². The molecule has 0 aliphatic carbocycles. The maximum Gasteiger partial charge on any atom is 0.231 e. The second-order valence-electron chi connectivity index (χ2n) is 6.88. The van der Waals surface area contributed by atoms with Crippen LogP contribution in [0.3, 0.4) is 0 Å². The first kappa shape index (κ1) is 17.9. The van der Waals surface area contributed by atoms with Gasteiger partial charge in [0.1, 0.15) is 6.26 Å². The second-order valence-corrected chi connectivity index (χ2v) is 6.88. The number of hydrogen-bond donors (Lipinski definition) is 0. The van der Waals surface area contributed by atoms with E-state index in [-0.39, 0.29) is 5.92 Å². The molecule has 7 heteroatoms. The lowest BCUT2D eigenvalue weighted by atomic mass is 9.98. The normalized spacial score (nSPS) is 18.0. The number of piperidine rings is 1. The maximum atomic E-state index is 5.65. The third-order valence-electron chi connectivity index (χ3n) is 4.83. The quantitative estimate of drug-likeness (QED) is 0.633. The van der Waals surface area contributed by atoms with Crippen LogP contribution >= 0.6 is 0 Å². The number of methoxy groups -OCH3 is 1. The molecule has 27 heavy (non-hydrogen) atoms. The first-order valence-corrected chi connectivity index (χ1v) is 9.35. The van der Waals surface area contributed by atoms with E-state index in [1.54, 1.807) is 13.4 Å². The van der Waals surface area contributed by atoms with E-state index in [1.807, 2.05) is 30.3 Å². The molecule has 0 spiro atoms. The van der Waals surface area contributed by atoms with Crippen LogP contribution in [0.25, 0.3) is 11.5 Å². The lowest BCUT2D eigenvalue weighted by Crippen LogP contribution is -2.34. The number of benzene rings is 1. The van der Waals surface area contributed by atoms with Crippen LogP contribution in [0.4, 0.5) is 0 Å². The molecule has 7 nitrogen and oxygen atoms in total. The number of likely N-dealkylation sites (tertiary alicyclic amines) is 1. The zero-order valence-corrected chi connectivity index (χ0v) is 15.5. The Hall–Kier alpha value is -2.51. The number of ether oxygens (including phenoxy) is 1. The number of hydrogen-bond acceptors (Lipinski definition) is 7. The molecule has 1 unspecified atom stereocenters. The summed E-state index contributed by atoms with van der Waals surface area (Å²) in [6, 6.07) is 9.96. The van der Waals surface area contributed by atoms with Crippen molar-refractivity contribution in [3.63, 3.8) is 0 Å². The summed E-state index contributed by atoms with van der Waals surface area (Å²) in [4.78, 5) is 11.5. The smallest absolute Gasteiger partial charge is 0.231 e. The average Bonchev–Trinajstić information content (AvgIpc) is 3.37. The summed E-state index contributed by atoms with van der Waals surface area (Å²) in [5.41, 5.74) is 1.94. The van der Waals surface area contributed by atoms with Gasteiger partial charge < -0.3 is 13.7 Å². The fourth-order valence-corrected chi connectivity index (χ4v) is 3.45. The molecule has 1 saturated heterocycles. The van der Waals surface area contributed by atoms with Crippen molar-refractivity contribution < 1.29 is 13.7 Å². The van der Waals surface area contributed by atoms with E-state index in [9.17, 15) is 0 Å². The first-order valence-electron chi connectivity index (χ1n) is 9.35. The Balaban J connectivity index is 1.37. The number of rotatable bonds is 7. The third kappa shape index (κ3) is 4.43. The van der Waals surface area contributed by atoms with Gasteiger partial charge in [-0.1, -0.05) is 23.4 Å². The molecule has 4 rings (SSSR count). The van der Waals surface area contributed by atoms with Crippen molar-refractivity contribution in [1.82, 2.24) is 20.0 Å². The Morgan fingerprint density at radius 3 is 2.96 bits per heavy atom. The predicted molar refractivity (Wildman–Crippen MR) is 99.1 cm³/mol. The molecule has 1 aliphatic heterocycles. The average molecular weight is 368 g/mol. The zero-order chi connectivity index (χ0) is 18.5. The van der Waals surface area contributed by atoms with Crippen LogP contribution in [0.15, 0.2) is 45.5 Å². The molecule has 2 aromatic heterocycles. The van der Waals surface area contributed by atoms with Crippen LogP contribution in [-0.2, 0) is 17.7 Å². The Labute approximate surface area is 158 Å². The highest BCUT2D eigenvalue weighted by atomic mass is 16.5. The molecule has 1 atom stereocenters. The van der Waals surface area contributed by atoms with Crippen molar-refractivity contribution in [2.45, 2.75) is 31.7 Å². The van der Waals surface area contributed by atoms with Crippen molar-refractivity contribution in [1.29, 1.82) is 0 Å². The van der Waals surface area contributed by atoms with Gasteiger partial charge in [0.25, 0.3) is 0 Å². The lowest BCUT2D eigenvalue weighted by Gasteiger charge is -2.30. The largest absolute Gasteiger partial charge is 0.444 e. The second kappa shape index (κ2) is 8.45. The Bertz CT molecular complexity index is 846. The minimum Gasteiger partial charge on any atom is -0.444 e. The van der Waals surface area contributed by atoms with Gasteiger partial charge in [-0.15, -0.1) is 0 Å². The van der Waals surface area contributed by atoms with Crippen LogP contribution in [0, 0.1) is 0 Å². The Morgan fingerprint density at radius 2 is 2.11 bits per heavy atom. The predicted octanol–water partition coefficient (Wildman–Crippen LogP) is 3.29.